The van der Waals surface area contributed by atoms with Gasteiger partial charge < -0.3 is 9.26 Å². The smallest absolute Gasteiger partial charge is 0.335 e. The summed E-state index contributed by atoms with van der Waals surface area (Å²) >= 11 is 0. The van der Waals surface area contributed by atoms with Crippen LogP contribution in [0.15, 0.2) is 28.8 Å². The van der Waals surface area contributed by atoms with E-state index >= 15 is 0 Å². The molecule has 0 aliphatic carbocycles. The predicted octanol–water partition coefficient (Wildman–Crippen LogP) is 1.41. The van der Waals surface area contributed by atoms with E-state index in [0.29, 0.717) is 50.9 Å². The Labute approximate surface area is 191 Å². The Hall–Kier alpha value is -3.31. The minimum absolute atomic E-state index is 0.127. The normalized spacial score (nSPS) is 17.9. The summed E-state index contributed by atoms with van der Waals surface area (Å²) in [7, 11) is 1.61. The summed E-state index contributed by atoms with van der Waals surface area (Å²) in [6, 6.07) is 6.93. The van der Waals surface area contributed by atoms with Crippen molar-refractivity contribution in [3.8, 4) is 17.1 Å². The summed E-state index contributed by atoms with van der Waals surface area (Å²) in [6.07, 6.45) is 1.53. The first-order chi connectivity index (χ1) is 16.0. The predicted molar refractivity (Wildman–Crippen MR) is 117 cm³/mol. The summed E-state index contributed by atoms with van der Waals surface area (Å²) < 4.78 is 10.6. The van der Waals surface area contributed by atoms with Gasteiger partial charge in [-0.2, -0.15) is 4.98 Å². The van der Waals surface area contributed by atoms with Gasteiger partial charge in [0.2, 0.25) is 11.7 Å². The van der Waals surface area contributed by atoms with E-state index in [4.69, 9.17) is 9.26 Å². The van der Waals surface area contributed by atoms with Crippen molar-refractivity contribution in [2.45, 2.75) is 26.3 Å². The molecule has 0 saturated carbocycles. The van der Waals surface area contributed by atoms with Gasteiger partial charge in [-0.05, 0) is 30.7 Å². The summed E-state index contributed by atoms with van der Waals surface area (Å²) in [5, 5.41) is 4.06. The Bertz CT molecular complexity index is 999. The van der Waals surface area contributed by atoms with Crippen molar-refractivity contribution in [2.24, 2.45) is 0 Å². The Balaban J connectivity index is 1.27. The van der Waals surface area contributed by atoms with E-state index in [-0.39, 0.29) is 13.2 Å². The van der Waals surface area contributed by atoms with Crippen molar-refractivity contribution in [1.82, 2.24) is 29.7 Å². The minimum Gasteiger partial charge on any atom is -0.497 e. The first-order valence-electron chi connectivity index (χ1n) is 11.1. The first kappa shape index (κ1) is 22.9. The number of hydrogen-bond acceptors (Lipinski definition) is 9. The van der Waals surface area contributed by atoms with Gasteiger partial charge in [-0.3, -0.25) is 24.3 Å². The molecule has 4 amide bonds. The molecule has 0 atom stereocenters. The Morgan fingerprint density at radius 3 is 2.30 bits per heavy atom. The molecule has 2 aromatic rings. The highest BCUT2D eigenvalue weighted by Crippen LogP contribution is 2.20. The minimum atomic E-state index is -0.740. The number of hydrogen-bond donors (Lipinski definition) is 0. The molecule has 0 N–H and O–H groups in total. The van der Waals surface area contributed by atoms with Crippen molar-refractivity contribution in [3.05, 3.63) is 30.2 Å². The molecule has 2 saturated heterocycles. The number of nitrogens with zero attached hydrogens (tertiary/aromatic N) is 6. The highest BCUT2D eigenvalue weighted by molar-refractivity contribution is 6.44. The molecule has 0 spiro atoms. The number of carbonyl (C=O) groups is 3. The molecule has 11 nitrogen and oxygen atoms in total. The van der Waals surface area contributed by atoms with Gasteiger partial charge in [0, 0.05) is 38.3 Å². The fourth-order valence-corrected chi connectivity index (χ4v) is 3.85. The number of amides is 4. The van der Waals surface area contributed by atoms with E-state index in [1.165, 1.54) is 0 Å². The van der Waals surface area contributed by atoms with Crippen LogP contribution < -0.4 is 4.74 Å². The molecule has 33 heavy (non-hydrogen) atoms. The molecule has 1 aromatic heterocycles. The zero-order valence-corrected chi connectivity index (χ0v) is 18.9. The second-order valence-electron chi connectivity index (χ2n) is 8.10. The van der Waals surface area contributed by atoms with Crippen molar-refractivity contribution >= 4 is 17.8 Å². The van der Waals surface area contributed by atoms with Crippen molar-refractivity contribution in [2.75, 3.05) is 46.5 Å². The van der Waals surface area contributed by atoms with Crippen molar-refractivity contribution < 1.29 is 23.6 Å². The molecule has 0 bridgehead atoms. The van der Waals surface area contributed by atoms with Crippen LogP contribution in [0.2, 0.25) is 0 Å². The first-order valence-corrected chi connectivity index (χ1v) is 11.1. The standard InChI is InChI=1S/C22H28N6O5/c1-3-4-9-27-20(29)21(30)28(22(27)31)15-26-12-10-25(11-13-26)14-18-23-19(24-33-18)16-5-7-17(32-2)8-6-16/h5-8H,3-4,9-15H2,1-2H3. The molecule has 4 rings (SSSR count). The molecule has 0 radical (unpaired) electrons. The number of benzene rings is 1. The third-order valence-electron chi connectivity index (χ3n) is 5.85. The lowest BCUT2D eigenvalue weighted by Crippen LogP contribution is -2.51. The summed E-state index contributed by atoms with van der Waals surface area (Å²) in [5.74, 6) is 0.341. The largest absolute Gasteiger partial charge is 0.497 e. The van der Waals surface area contributed by atoms with Crippen LogP contribution in [0.25, 0.3) is 11.4 Å². The highest BCUT2D eigenvalue weighted by atomic mass is 16.5. The van der Waals surface area contributed by atoms with Crippen LogP contribution >= 0.6 is 0 Å². The van der Waals surface area contributed by atoms with Crippen LogP contribution in [-0.2, 0) is 16.1 Å². The van der Waals surface area contributed by atoms with Crippen LogP contribution in [0.5, 0.6) is 5.75 Å². The van der Waals surface area contributed by atoms with Gasteiger partial charge in [0.1, 0.15) is 5.75 Å². The third kappa shape index (κ3) is 5.04. The third-order valence-corrected chi connectivity index (χ3v) is 5.85. The molecule has 11 heteroatoms. The van der Waals surface area contributed by atoms with Gasteiger partial charge in [-0.25, -0.2) is 9.69 Å². The Morgan fingerprint density at radius 1 is 0.970 bits per heavy atom. The lowest BCUT2D eigenvalue weighted by atomic mass is 10.2. The number of aromatic nitrogens is 2. The number of unbranched alkanes of at least 4 members (excludes halogenated alkanes) is 1. The highest BCUT2D eigenvalue weighted by Gasteiger charge is 2.44. The monoisotopic (exact) mass is 456 g/mol. The fraction of sp³-hybridized carbons (Fsp3) is 0.500. The molecule has 176 valence electrons. The molecular formula is C22H28N6O5. The average molecular weight is 457 g/mol. The van der Waals surface area contributed by atoms with Gasteiger partial charge >= 0.3 is 17.8 Å². The van der Waals surface area contributed by atoms with Crippen molar-refractivity contribution in [3.63, 3.8) is 0 Å². The number of rotatable bonds is 9. The van der Waals surface area contributed by atoms with Crippen LogP contribution in [0.3, 0.4) is 0 Å². The zero-order chi connectivity index (χ0) is 23.4. The van der Waals surface area contributed by atoms with Crippen LogP contribution in [-0.4, -0.2) is 94.1 Å². The maximum absolute atomic E-state index is 12.5. The maximum Gasteiger partial charge on any atom is 0.335 e. The average Bonchev–Trinajstić information content (AvgIpc) is 3.38. The Kier molecular flexibility index (Phi) is 6.99. The number of ether oxygens (including phenoxy) is 1. The van der Waals surface area contributed by atoms with Crippen LogP contribution in [0.1, 0.15) is 25.7 Å². The number of piperazine rings is 1. The zero-order valence-electron chi connectivity index (χ0n) is 18.9. The van der Waals surface area contributed by atoms with E-state index in [0.717, 1.165) is 27.5 Å². The number of imide groups is 2. The van der Waals surface area contributed by atoms with E-state index in [2.05, 4.69) is 15.0 Å². The summed E-state index contributed by atoms with van der Waals surface area (Å²) in [6.45, 7) is 5.63. The molecular weight excluding hydrogens is 428 g/mol. The topological polar surface area (TPSA) is 112 Å². The lowest BCUT2D eigenvalue weighted by molar-refractivity contribution is -0.144. The molecule has 3 heterocycles. The quantitative estimate of drug-likeness (QED) is 0.408. The number of carbonyl (C=O) groups excluding carboxylic acids is 3. The lowest BCUT2D eigenvalue weighted by Gasteiger charge is -2.35. The SMILES string of the molecule is CCCCN1C(=O)C(=O)N(CN2CCN(Cc3nc(-c4ccc(OC)cc4)no3)CC2)C1=O. The van der Waals surface area contributed by atoms with Gasteiger partial charge in [0.05, 0.1) is 20.3 Å². The van der Waals surface area contributed by atoms with Gasteiger partial charge in [-0.15, -0.1) is 0 Å². The van der Waals surface area contributed by atoms with Crippen molar-refractivity contribution in [1.29, 1.82) is 0 Å². The molecule has 2 aliphatic rings. The van der Waals surface area contributed by atoms with Gasteiger partial charge in [-0.1, -0.05) is 18.5 Å². The molecule has 0 unspecified atom stereocenters. The summed E-state index contributed by atoms with van der Waals surface area (Å²) in [4.78, 5) is 47.6. The second kappa shape index (κ2) is 10.1. The fourth-order valence-electron chi connectivity index (χ4n) is 3.85. The number of methoxy groups -OCH3 is 1. The van der Waals surface area contributed by atoms with Crippen LogP contribution in [0.4, 0.5) is 4.79 Å². The van der Waals surface area contributed by atoms with Crippen LogP contribution in [0, 0.1) is 0 Å². The molecule has 1 aromatic carbocycles. The molecule has 2 aliphatic heterocycles. The number of urea groups is 1. The molecule has 2 fully saturated rings. The Morgan fingerprint density at radius 2 is 1.64 bits per heavy atom. The van der Waals surface area contributed by atoms with E-state index < -0.39 is 17.8 Å². The maximum atomic E-state index is 12.5. The van der Waals surface area contributed by atoms with Gasteiger partial charge in [0.25, 0.3) is 0 Å². The van der Waals surface area contributed by atoms with E-state index in [1.54, 1.807) is 7.11 Å². The second-order valence-corrected chi connectivity index (χ2v) is 8.10. The van der Waals surface area contributed by atoms with Gasteiger partial charge in [0.15, 0.2) is 0 Å². The van der Waals surface area contributed by atoms with E-state index in [9.17, 15) is 14.4 Å². The summed E-state index contributed by atoms with van der Waals surface area (Å²) in [5.41, 5.74) is 0.845. The van der Waals surface area contributed by atoms with E-state index in [1.807, 2.05) is 36.1 Å².